The summed E-state index contributed by atoms with van der Waals surface area (Å²) in [7, 11) is 1.42. The average Bonchev–Trinajstić information content (AvgIpc) is 2.83. The van der Waals surface area contributed by atoms with Crippen molar-refractivity contribution >= 4 is 6.21 Å². The summed E-state index contributed by atoms with van der Waals surface area (Å²) in [5.41, 5.74) is -0.533. The Morgan fingerprint density at radius 3 is 3.05 bits per heavy atom. The number of hydrogen-bond acceptors (Lipinski definition) is 6. The van der Waals surface area contributed by atoms with Crippen LogP contribution in [-0.4, -0.2) is 40.7 Å². The van der Waals surface area contributed by atoms with Gasteiger partial charge in [-0.15, -0.1) is 0 Å². The summed E-state index contributed by atoms with van der Waals surface area (Å²) >= 11 is 0. The summed E-state index contributed by atoms with van der Waals surface area (Å²) in [5.74, 6) is -0.163. The monoisotopic (exact) mass is 283 g/mol. The SMILES string of the molecule is CON=CC1C[C@H](n2cc(C)c(=O)[nH]c2=O)O[C@@H]1CO. The second kappa shape index (κ2) is 6.02. The number of nitrogens with zero attached hydrogens (tertiary/aromatic N) is 2. The highest BCUT2D eigenvalue weighted by atomic mass is 16.6. The Kier molecular flexibility index (Phi) is 4.35. The lowest BCUT2D eigenvalue weighted by molar-refractivity contribution is -0.0283. The highest BCUT2D eigenvalue weighted by Gasteiger charge is 2.35. The molecule has 2 heterocycles. The molecule has 0 radical (unpaired) electrons. The van der Waals surface area contributed by atoms with Gasteiger partial charge in [-0.1, -0.05) is 5.16 Å². The Hall–Kier alpha value is -1.93. The maximum atomic E-state index is 11.8. The first-order valence-electron chi connectivity index (χ1n) is 6.21. The molecular formula is C12H17N3O5. The molecule has 0 saturated carbocycles. The lowest BCUT2D eigenvalue weighted by atomic mass is 10.0. The first-order valence-corrected chi connectivity index (χ1v) is 6.21. The number of rotatable bonds is 4. The minimum Gasteiger partial charge on any atom is -0.399 e. The number of aliphatic hydroxyl groups excluding tert-OH is 1. The van der Waals surface area contributed by atoms with Crippen molar-refractivity contribution in [1.82, 2.24) is 9.55 Å². The summed E-state index contributed by atoms with van der Waals surface area (Å²) in [6, 6.07) is 0. The fourth-order valence-corrected chi connectivity index (χ4v) is 2.20. The number of H-pyrrole nitrogens is 1. The number of nitrogens with one attached hydrogen (secondary N) is 1. The number of aryl methyl sites for hydroxylation is 1. The molecule has 0 bridgehead atoms. The van der Waals surface area contributed by atoms with E-state index in [-0.39, 0.29) is 12.5 Å². The van der Waals surface area contributed by atoms with Gasteiger partial charge < -0.3 is 14.7 Å². The van der Waals surface area contributed by atoms with E-state index in [4.69, 9.17) is 4.74 Å². The molecular weight excluding hydrogens is 266 g/mol. The number of ether oxygens (including phenoxy) is 1. The van der Waals surface area contributed by atoms with Gasteiger partial charge in [-0.25, -0.2) is 4.79 Å². The third-order valence-electron chi connectivity index (χ3n) is 3.28. The van der Waals surface area contributed by atoms with E-state index in [1.807, 2.05) is 0 Å². The number of aromatic amines is 1. The summed E-state index contributed by atoms with van der Waals surface area (Å²) in [6.07, 6.45) is 2.45. The Labute approximate surface area is 114 Å². The number of aliphatic hydroxyl groups is 1. The molecule has 20 heavy (non-hydrogen) atoms. The van der Waals surface area contributed by atoms with Gasteiger partial charge in [-0.05, 0) is 6.92 Å². The first kappa shape index (κ1) is 14.5. The van der Waals surface area contributed by atoms with Gasteiger partial charge in [0.2, 0.25) is 0 Å². The van der Waals surface area contributed by atoms with Gasteiger partial charge in [0.25, 0.3) is 5.56 Å². The normalized spacial score (nSPS) is 26.2. The predicted octanol–water partition coefficient (Wildman–Crippen LogP) is -0.627. The van der Waals surface area contributed by atoms with Crippen LogP contribution in [0.5, 0.6) is 0 Å². The summed E-state index contributed by atoms with van der Waals surface area (Å²) in [6.45, 7) is 1.42. The lowest BCUT2D eigenvalue weighted by Gasteiger charge is -2.14. The quantitative estimate of drug-likeness (QED) is 0.565. The van der Waals surface area contributed by atoms with Crippen molar-refractivity contribution in [3.05, 3.63) is 32.6 Å². The van der Waals surface area contributed by atoms with Crippen molar-refractivity contribution in [3.8, 4) is 0 Å². The zero-order valence-electron chi connectivity index (χ0n) is 11.3. The zero-order chi connectivity index (χ0) is 14.7. The van der Waals surface area contributed by atoms with Crippen LogP contribution in [0.15, 0.2) is 20.9 Å². The van der Waals surface area contributed by atoms with Gasteiger partial charge in [0, 0.05) is 30.3 Å². The molecule has 1 aromatic heterocycles. The van der Waals surface area contributed by atoms with Crippen LogP contribution < -0.4 is 11.2 Å². The molecule has 0 aromatic carbocycles. The largest absolute Gasteiger partial charge is 0.399 e. The minimum absolute atomic E-state index is 0.163. The van der Waals surface area contributed by atoms with Crippen LogP contribution >= 0.6 is 0 Å². The summed E-state index contributed by atoms with van der Waals surface area (Å²) in [5, 5.41) is 13.0. The number of aromatic nitrogens is 2. The summed E-state index contributed by atoms with van der Waals surface area (Å²) in [4.78, 5) is 30.0. The van der Waals surface area contributed by atoms with Crippen molar-refractivity contribution < 1.29 is 14.7 Å². The molecule has 1 unspecified atom stereocenters. The van der Waals surface area contributed by atoms with Gasteiger partial charge in [0.05, 0.1) is 12.7 Å². The van der Waals surface area contributed by atoms with Gasteiger partial charge >= 0.3 is 5.69 Å². The molecule has 0 spiro atoms. The van der Waals surface area contributed by atoms with Crippen molar-refractivity contribution in [1.29, 1.82) is 0 Å². The third kappa shape index (κ3) is 2.81. The van der Waals surface area contributed by atoms with Crippen LogP contribution in [-0.2, 0) is 9.57 Å². The predicted molar refractivity (Wildman–Crippen MR) is 70.7 cm³/mol. The highest BCUT2D eigenvalue weighted by molar-refractivity contribution is 5.61. The molecule has 8 nitrogen and oxygen atoms in total. The van der Waals surface area contributed by atoms with E-state index in [0.29, 0.717) is 12.0 Å². The molecule has 110 valence electrons. The van der Waals surface area contributed by atoms with Gasteiger partial charge in [0.15, 0.2) is 0 Å². The van der Waals surface area contributed by atoms with Crippen molar-refractivity contribution in [2.24, 2.45) is 11.1 Å². The maximum absolute atomic E-state index is 11.8. The molecule has 0 amide bonds. The van der Waals surface area contributed by atoms with Crippen LogP contribution in [0.2, 0.25) is 0 Å². The number of hydrogen-bond donors (Lipinski definition) is 2. The van der Waals surface area contributed by atoms with Crippen LogP contribution in [0.3, 0.4) is 0 Å². The van der Waals surface area contributed by atoms with Gasteiger partial charge in [-0.3, -0.25) is 14.3 Å². The van der Waals surface area contributed by atoms with Crippen LogP contribution in [0.25, 0.3) is 0 Å². The van der Waals surface area contributed by atoms with E-state index in [2.05, 4.69) is 15.0 Å². The van der Waals surface area contributed by atoms with Crippen molar-refractivity contribution in [2.75, 3.05) is 13.7 Å². The molecule has 1 saturated heterocycles. The summed E-state index contributed by atoms with van der Waals surface area (Å²) < 4.78 is 6.95. The molecule has 3 atom stereocenters. The van der Waals surface area contributed by atoms with E-state index in [0.717, 1.165) is 0 Å². The van der Waals surface area contributed by atoms with Crippen LogP contribution in [0, 0.1) is 12.8 Å². The Balaban J connectivity index is 2.27. The molecule has 0 aliphatic carbocycles. The lowest BCUT2D eigenvalue weighted by Crippen LogP contribution is -2.33. The molecule has 1 aliphatic heterocycles. The van der Waals surface area contributed by atoms with E-state index >= 15 is 0 Å². The molecule has 2 rings (SSSR count). The van der Waals surface area contributed by atoms with E-state index < -0.39 is 23.6 Å². The van der Waals surface area contributed by atoms with Gasteiger partial charge in [0.1, 0.15) is 13.3 Å². The highest BCUT2D eigenvalue weighted by Crippen LogP contribution is 2.31. The standard InChI is InChI=1S/C12H17N3O5/c1-7-5-15(12(18)14-11(7)17)10-3-8(4-13-19-2)9(6-16)20-10/h4-5,8-10,16H,3,6H2,1-2H3,(H,14,17,18)/t8?,9-,10-/m1/s1. The van der Waals surface area contributed by atoms with E-state index in [1.165, 1.54) is 17.9 Å². The van der Waals surface area contributed by atoms with E-state index in [1.54, 1.807) is 13.1 Å². The molecule has 8 heteroatoms. The maximum Gasteiger partial charge on any atom is 0.330 e. The average molecular weight is 283 g/mol. The molecule has 2 N–H and O–H groups in total. The Bertz CT molecular complexity index is 606. The second-order valence-corrected chi connectivity index (χ2v) is 4.63. The number of oxime groups is 1. The molecule has 1 aliphatic rings. The zero-order valence-corrected chi connectivity index (χ0v) is 11.3. The smallest absolute Gasteiger partial charge is 0.330 e. The molecule has 1 fully saturated rings. The fraction of sp³-hybridized carbons (Fsp3) is 0.583. The fourth-order valence-electron chi connectivity index (χ4n) is 2.20. The van der Waals surface area contributed by atoms with Gasteiger partial charge in [-0.2, -0.15) is 0 Å². The Morgan fingerprint density at radius 2 is 2.40 bits per heavy atom. The minimum atomic E-state index is -0.552. The third-order valence-corrected chi connectivity index (χ3v) is 3.28. The van der Waals surface area contributed by atoms with Crippen LogP contribution in [0.1, 0.15) is 18.2 Å². The van der Waals surface area contributed by atoms with Crippen molar-refractivity contribution in [2.45, 2.75) is 25.7 Å². The topological polar surface area (TPSA) is 106 Å². The Morgan fingerprint density at radius 1 is 1.65 bits per heavy atom. The molecule has 1 aromatic rings. The van der Waals surface area contributed by atoms with Crippen LogP contribution in [0.4, 0.5) is 0 Å². The van der Waals surface area contributed by atoms with E-state index in [9.17, 15) is 14.7 Å². The second-order valence-electron chi connectivity index (χ2n) is 4.63. The first-order chi connectivity index (χ1) is 9.56. The van der Waals surface area contributed by atoms with Crippen molar-refractivity contribution in [3.63, 3.8) is 0 Å².